The van der Waals surface area contributed by atoms with Gasteiger partial charge in [-0.1, -0.05) is 0 Å². The standard InChI is InChI=1S/C9H10ClN3S/c10-5-9-12-11-7-13(9)3-1-8-2-4-14-6-8/h2,4,6-7H,1,3,5H2. The molecule has 2 aromatic heterocycles. The molecule has 2 rings (SSSR count). The summed E-state index contributed by atoms with van der Waals surface area (Å²) in [6, 6.07) is 2.13. The van der Waals surface area contributed by atoms with Crippen LogP contribution in [0.1, 0.15) is 11.4 Å². The van der Waals surface area contributed by atoms with E-state index in [-0.39, 0.29) is 0 Å². The van der Waals surface area contributed by atoms with Gasteiger partial charge in [-0.2, -0.15) is 11.3 Å². The Balaban J connectivity index is 1.98. The first-order valence-corrected chi connectivity index (χ1v) is 5.81. The number of rotatable bonds is 4. The van der Waals surface area contributed by atoms with Gasteiger partial charge in [0.15, 0.2) is 0 Å². The fourth-order valence-electron chi connectivity index (χ4n) is 1.25. The lowest BCUT2D eigenvalue weighted by molar-refractivity contribution is 0.669. The van der Waals surface area contributed by atoms with E-state index in [9.17, 15) is 0 Å². The van der Waals surface area contributed by atoms with Crippen LogP contribution in [-0.4, -0.2) is 14.8 Å². The number of hydrogen-bond donors (Lipinski definition) is 0. The quantitative estimate of drug-likeness (QED) is 0.751. The molecule has 0 fully saturated rings. The number of alkyl halides is 1. The van der Waals surface area contributed by atoms with Crippen molar-refractivity contribution in [2.45, 2.75) is 18.8 Å². The molecule has 0 aliphatic rings. The number of hydrogen-bond acceptors (Lipinski definition) is 3. The summed E-state index contributed by atoms with van der Waals surface area (Å²) in [6.07, 6.45) is 2.73. The molecule has 0 amide bonds. The molecule has 2 aromatic rings. The van der Waals surface area contributed by atoms with Gasteiger partial charge >= 0.3 is 0 Å². The summed E-state index contributed by atoms with van der Waals surface area (Å²) in [4.78, 5) is 0. The zero-order chi connectivity index (χ0) is 9.80. The normalized spacial score (nSPS) is 10.6. The number of aryl methyl sites for hydroxylation is 2. The average molecular weight is 228 g/mol. The second-order valence-corrected chi connectivity index (χ2v) is 4.00. The van der Waals surface area contributed by atoms with Gasteiger partial charge in [0.1, 0.15) is 12.2 Å². The van der Waals surface area contributed by atoms with Crippen molar-refractivity contribution in [2.75, 3.05) is 0 Å². The molecular weight excluding hydrogens is 218 g/mol. The smallest absolute Gasteiger partial charge is 0.147 e. The highest BCUT2D eigenvalue weighted by Gasteiger charge is 2.02. The van der Waals surface area contributed by atoms with Gasteiger partial charge in [0.05, 0.1) is 5.88 Å². The van der Waals surface area contributed by atoms with Crippen LogP contribution >= 0.6 is 22.9 Å². The lowest BCUT2D eigenvalue weighted by Crippen LogP contribution is -2.03. The third-order valence-electron chi connectivity index (χ3n) is 2.04. The summed E-state index contributed by atoms with van der Waals surface area (Å²) < 4.78 is 1.99. The van der Waals surface area contributed by atoms with Crippen molar-refractivity contribution >= 4 is 22.9 Å². The molecule has 0 aromatic carbocycles. The van der Waals surface area contributed by atoms with Crippen LogP contribution in [0.25, 0.3) is 0 Å². The summed E-state index contributed by atoms with van der Waals surface area (Å²) in [5.74, 6) is 1.26. The molecule has 74 valence electrons. The molecule has 0 saturated carbocycles. The number of nitrogens with zero attached hydrogens (tertiary/aromatic N) is 3. The zero-order valence-corrected chi connectivity index (χ0v) is 9.13. The molecule has 0 atom stereocenters. The van der Waals surface area contributed by atoms with Gasteiger partial charge < -0.3 is 4.57 Å². The second kappa shape index (κ2) is 4.57. The van der Waals surface area contributed by atoms with Gasteiger partial charge in [-0.05, 0) is 28.8 Å². The molecule has 14 heavy (non-hydrogen) atoms. The third-order valence-corrected chi connectivity index (χ3v) is 3.01. The van der Waals surface area contributed by atoms with Gasteiger partial charge in [-0.15, -0.1) is 21.8 Å². The molecule has 3 nitrogen and oxygen atoms in total. The Morgan fingerprint density at radius 3 is 3.14 bits per heavy atom. The predicted octanol–water partition coefficient (Wildman–Crippen LogP) is 2.32. The van der Waals surface area contributed by atoms with Crippen molar-refractivity contribution in [1.29, 1.82) is 0 Å². The van der Waals surface area contributed by atoms with Crippen molar-refractivity contribution in [2.24, 2.45) is 0 Å². The van der Waals surface area contributed by atoms with Crippen LogP contribution in [0.5, 0.6) is 0 Å². The fraction of sp³-hybridized carbons (Fsp3) is 0.333. The van der Waals surface area contributed by atoms with Crippen molar-refractivity contribution in [1.82, 2.24) is 14.8 Å². The average Bonchev–Trinajstić information content (AvgIpc) is 2.85. The van der Waals surface area contributed by atoms with Gasteiger partial charge in [-0.3, -0.25) is 0 Å². The Labute approximate surface area is 91.4 Å². The second-order valence-electron chi connectivity index (χ2n) is 2.96. The molecule has 0 aliphatic heterocycles. The van der Waals surface area contributed by atoms with E-state index in [1.54, 1.807) is 17.7 Å². The Bertz CT molecular complexity index is 382. The summed E-state index contributed by atoms with van der Waals surface area (Å²) in [7, 11) is 0. The molecule has 5 heteroatoms. The minimum Gasteiger partial charge on any atom is -0.316 e. The fourth-order valence-corrected chi connectivity index (χ4v) is 2.16. The lowest BCUT2D eigenvalue weighted by atomic mass is 10.2. The number of aromatic nitrogens is 3. The largest absolute Gasteiger partial charge is 0.316 e. The SMILES string of the molecule is ClCc1nncn1CCc1ccsc1. The Kier molecular flexibility index (Phi) is 3.16. The molecule has 0 unspecified atom stereocenters. The van der Waals surface area contributed by atoms with Gasteiger partial charge in [0.2, 0.25) is 0 Å². The van der Waals surface area contributed by atoms with Crippen LogP contribution in [0.4, 0.5) is 0 Å². The van der Waals surface area contributed by atoms with E-state index in [0.29, 0.717) is 5.88 Å². The molecule has 0 N–H and O–H groups in total. The highest BCUT2D eigenvalue weighted by molar-refractivity contribution is 7.07. The number of halogens is 1. The molecule has 0 radical (unpaired) electrons. The Morgan fingerprint density at radius 1 is 1.50 bits per heavy atom. The summed E-state index contributed by atoms with van der Waals surface area (Å²) in [5.41, 5.74) is 1.35. The molecule has 0 bridgehead atoms. The van der Waals surface area contributed by atoms with E-state index in [1.165, 1.54) is 5.56 Å². The number of thiophene rings is 1. The van der Waals surface area contributed by atoms with Crippen LogP contribution < -0.4 is 0 Å². The highest BCUT2D eigenvalue weighted by Crippen LogP contribution is 2.08. The Morgan fingerprint density at radius 2 is 2.43 bits per heavy atom. The van der Waals surface area contributed by atoms with Crippen LogP contribution in [0.3, 0.4) is 0 Å². The molecule has 0 aliphatic carbocycles. The van der Waals surface area contributed by atoms with Crippen molar-refractivity contribution in [3.8, 4) is 0 Å². The highest BCUT2D eigenvalue weighted by atomic mass is 35.5. The van der Waals surface area contributed by atoms with E-state index in [4.69, 9.17) is 11.6 Å². The van der Waals surface area contributed by atoms with Crippen LogP contribution in [-0.2, 0) is 18.8 Å². The first kappa shape index (κ1) is 9.68. The lowest BCUT2D eigenvalue weighted by Gasteiger charge is -2.02. The van der Waals surface area contributed by atoms with E-state index in [2.05, 4.69) is 27.0 Å². The molecule has 0 saturated heterocycles. The van der Waals surface area contributed by atoms with Gasteiger partial charge in [-0.25, -0.2) is 0 Å². The Hall–Kier alpha value is -0.870. The monoisotopic (exact) mass is 227 g/mol. The van der Waals surface area contributed by atoms with Crippen molar-refractivity contribution in [3.63, 3.8) is 0 Å². The summed E-state index contributed by atoms with van der Waals surface area (Å²) in [6.45, 7) is 0.895. The maximum absolute atomic E-state index is 5.71. The van der Waals surface area contributed by atoms with Crippen LogP contribution in [0.2, 0.25) is 0 Å². The summed E-state index contributed by atoms with van der Waals surface area (Å²) in [5, 5.41) is 12.0. The van der Waals surface area contributed by atoms with Gasteiger partial charge in [0.25, 0.3) is 0 Å². The zero-order valence-electron chi connectivity index (χ0n) is 7.56. The first-order chi connectivity index (χ1) is 6.90. The summed E-state index contributed by atoms with van der Waals surface area (Å²) >= 11 is 7.43. The van der Waals surface area contributed by atoms with E-state index in [0.717, 1.165) is 18.8 Å². The molecule has 2 heterocycles. The van der Waals surface area contributed by atoms with Crippen molar-refractivity contribution in [3.05, 3.63) is 34.5 Å². The van der Waals surface area contributed by atoms with E-state index < -0.39 is 0 Å². The first-order valence-electron chi connectivity index (χ1n) is 4.34. The van der Waals surface area contributed by atoms with Crippen LogP contribution in [0, 0.1) is 0 Å². The third kappa shape index (κ3) is 2.13. The topological polar surface area (TPSA) is 30.7 Å². The predicted molar refractivity (Wildman–Crippen MR) is 57.6 cm³/mol. The minimum atomic E-state index is 0.420. The van der Waals surface area contributed by atoms with E-state index in [1.807, 2.05) is 4.57 Å². The van der Waals surface area contributed by atoms with Crippen LogP contribution in [0.15, 0.2) is 23.2 Å². The molecule has 0 spiro atoms. The van der Waals surface area contributed by atoms with Crippen molar-refractivity contribution < 1.29 is 0 Å². The minimum absolute atomic E-state index is 0.420. The maximum atomic E-state index is 5.71. The van der Waals surface area contributed by atoms with Gasteiger partial charge in [0, 0.05) is 6.54 Å². The van der Waals surface area contributed by atoms with E-state index >= 15 is 0 Å². The molecular formula is C9H10ClN3S. The maximum Gasteiger partial charge on any atom is 0.147 e.